The van der Waals surface area contributed by atoms with E-state index in [9.17, 15) is 0 Å². The predicted molar refractivity (Wildman–Crippen MR) is 73.1 cm³/mol. The highest BCUT2D eigenvalue weighted by atomic mass is 14.9. The van der Waals surface area contributed by atoms with Crippen LogP contribution < -0.4 is 10.6 Å². The van der Waals surface area contributed by atoms with Gasteiger partial charge >= 0.3 is 0 Å². The molecule has 2 heteroatoms. The minimum absolute atomic E-state index is 0.607. The summed E-state index contributed by atoms with van der Waals surface area (Å²) in [5, 5.41) is 7.11. The van der Waals surface area contributed by atoms with E-state index < -0.39 is 0 Å². The van der Waals surface area contributed by atoms with Gasteiger partial charge in [0.25, 0.3) is 0 Å². The Balaban J connectivity index is 1.75. The van der Waals surface area contributed by atoms with Gasteiger partial charge in [0.15, 0.2) is 0 Å². The maximum absolute atomic E-state index is 3.64. The van der Waals surface area contributed by atoms with Crippen LogP contribution in [0.15, 0.2) is 24.3 Å². The van der Waals surface area contributed by atoms with Crippen molar-refractivity contribution in [1.82, 2.24) is 10.6 Å². The topological polar surface area (TPSA) is 24.1 Å². The van der Waals surface area contributed by atoms with Crippen molar-refractivity contribution >= 4 is 0 Å². The molecule has 94 valence electrons. The van der Waals surface area contributed by atoms with Crippen molar-refractivity contribution in [2.24, 2.45) is 0 Å². The van der Waals surface area contributed by atoms with E-state index in [1.807, 2.05) is 0 Å². The van der Waals surface area contributed by atoms with E-state index >= 15 is 0 Å². The Kier molecular flexibility index (Phi) is 4.57. The second-order valence-corrected chi connectivity index (χ2v) is 5.30. The molecule has 0 saturated carbocycles. The fraction of sp³-hybridized carbons (Fsp3) is 0.600. The first-order valence-electron chi connectivity index (χ1n) is 6.79. The van der Waals surface area contributed by atoms with Crippen LogP contribution >= 0.6 is 0 Å². The smallest absolute Gasteiger partial charge is 0.0210 e. The minimum atomic E-state index is 0.607. The summed E-state index contributed by atoms with van der Waals surface area (Å²) in [4.78, 5) is 0. The quantitative estimate of drug-likeness (QED) is 0.762. The van der Waals surface area contributed by atoms with Gasteiger partial charge < -0.3 is 10.6 Å². The molecule has 1 aliphatic rings. The largest absolute Gasteiger partial charge is 0.315 e. The van der Waals surface area contributed by atoms with Crippen molar-refractivity contribution in [3.63, 3.8) is 0 Å². The van der Waals surface area contributed by atoms with E-state index in [1.54, 1.807) is 0 Å². The van der Waals surface area contributed by atoms with Gasteiger partial charge in [0.2, 0.25) is 0 Å². The number of fused-ring (bicyclic) bond motifs is 1. The van der Waals surface area contributed by atoms with Crippen LogP contribution in [0.25, 0.3) is 0 Å². The van der Waals surface area contributed by atoms with Crippen LogP contribution in [0.1, 0.15) is 37.8 Å². The highest BCUT2D eigenvalue weighted by molar-refractivity contribution is 5.29. The summed E-state index contributed by atoms with van der Waals surface area (Å²) >= 11 is 0. The molecule has 0 aliphatic carbocycles. The second-order valence-electron chi connectivity index (χ2n) is 5.30. The zero-order valence-corrected chi connectivity index (χ0v) is 11.0. The van der Waals surface area contributed by atoms with Crippen molar-refractivity contribution in [2.45, 2.75) is 51.7 Å². The maximum atomic E-state index is 3.64. The molecule has 0 spiro atoms. The summed E-state index contributed by atoms with van der Waals surface area (Å²) in [6, 6.07) is 10.1. The Labute approximate surface area is 105 Å². The summed E-state index contributed by atoms with van der Waals surface area (Å²) in [6.07, 6.45) is 3.73. The molecule has 2 rings (SSSR count). The monoisotopic (exact) mass is 232 g/mol. The third-order valence-electron chi connectivity index (χ3n) is 3.45. The molecule has 1 heterocycles. The molecule has 0 saturated heterocycles. The molecule has 2 nitrogen and oxygen atoms in total. The molecule has 0 fully saturated rings. The van der Waals surface area contributed by atoms with E-state index in [-0.39, 0.29) is 0 Å². The summed E-state index contributed by atoms with van der Waals surface area (Å²) < 4.78 is 0. The van der Waals surface area contributed by atoms with Gasteiger partial charge in [-0.1, -0.05) is 38.1 Å². The first-order valence-corrected chi connectivity index (χ1v) is 6.79. The lowest BCUT2D eigenvalue weighted by molar-refractivity contribution is 0.429. The zero-order valence-electron chi connectivity index (χ0n) is 11.0. The van der Waals surface area contributed by atoms with Crippen molar-refractivity contribution in [1.29, 1.82) is 0 Å². The lowest BCUT2D eigenvalue weighted by Crippen LogP contribution is -2.36. The van der Waals surface area contributed by atoms with Crippen molar-refractivity contribution < 1.29 is 0 Å². The van der Waals surface area contributed by atoms with Crippen molar-refractivity contribution in [3.8, 4) is 0 Å². The van der Waals surface area contributed by atoms with Crippen LogP contribution in [0.5, 0.6) is 0 Å². The van der Waals surface area contributed by atoms with Gasteiger partial charge in [-0.3, -0.25) is 0 Å². The molecule has 1 atom stereocenters. The lowest BCUT2D eigenvalue weighted by atomic mass is 9.93. The normalized spacial score (nSPS) is 19.4. The van der Waals surface area contributed by atoms with Gasteiger partial charge in [-0.2, -0.15) is 0 Å². The average Bonchev–Trinajstić information content (AvgIpc) is 2.34. The predicted octanol–water partition coefficient (Wildman–Crippen LogP) is 2.48. The summed E-state index contributed by atoms with van der Waals surface area (Å²) in [5.74, 6) is 0. The van der Waals surface area contributed by atoms with Crippen LogP contribution in [0.3, 0.4) is 0 Å². The Morgan fingerprint density at radius 2 is 2.06 bits per heavy atom. The van der Waals surface area contributed by atoms with Gasteiger partial charge in [0.1, 0.15) is 0 Å². The SMILES string of the molecule is CC(C)NCCCC1Cc2ccccc2CN1. The molecule has 0 radical (unpaired) electrons. The van der Waals surface area contributed by atoms with E-state index in [0.29, 0.717) is 12.1 Å². The lowest BCUT2D eigenvalue weighted by Gasteiger charge is -2.26. The third kappa shape index (κ3) is 3.83. The molecule has 1 aliphatic heterocycles. The molecule has 1 aromatic carbocycles. The molecule has 0 amide bonds. The number of hydrogen-bond donors (Lipinski definition) is 2. The molecule has 2 N–H and O–H groups in total. The molecular formula is C15H24N2. The maximum Gasteiger partial charge on any atom is 0.0210 e. The molecular weight excluding hydrogens is 208 g/mol. The fourth-order valence-electron chi connectivity index (χ4n) is 2.46. The Morgan fingerprint density at radius 3 is 2.82 bits per heavy atom. The van der Waals surface area contributed by atoms with Crippen LogP contribution in [0, 0.1) is 0 Å². The van der Waals surface area contributed by atoms with Gasteiger partial charge in [0, 0.05) is 18.6 Å². The van der Waals surface area contributed by atoms with E-state index in [0.717, 1.165) is 13.1 Å². The van der Waals surface area contributed by atoms with Gasteiger partial charge in [-0.25, -0.2) is 0 Å². The van der Waals surface area contributed by atoms with Gasteiger partial charge in [-0.15, -0.1) is 0 Å². The number of benzene rings is 1. The molecule has 1 aromatic rings. The first kappa shape index (κ1) is 12.6. The number of hydrogen-bond acceptors (Lipinski definition) is 2. The Hall–Kier alpha value is -0.860. The third-order valence-corrected chi connectivity index (χ3v) is 3.45. The van der Waals surface area contributed by atoms with Gasteiger partial charge in [-0.05, 0) is 36.9 Å². The van der Waals surface area contributed by atoms with E-state index in [2.05, 4.69) is 48.7 Å². The van der Waals surface area contributed by atoms with Crippen LogP contribution in [0.4, 0.5) is 0 Å². The molecule has 1 unspecified atom stereocenters. The standard InChI is InChI=1S/C15H24N2/c1-12(2)16-9-5-8-15-10-13-6-3-4-7-14(13)11-17-15/h3-4,6-7,12,15-17H,5,8-11H2,1-2H3. The van der Waals surface area contributed by atoms with Crippen LogP contribution in [0.2, 0.25) is 0 Å². The van der Waals surface area contributed by atoms with Gasteiger partial charge in [0.05, 0.1) is 0 Å². The molecule has 17 heavy (non-hydrogen) atoms. The van der Waals surface area contributed by atoms with Crippen LogP contribution in [-0.2, 0) is 13.0 Å². The summed E-state index contributed by atoms with van der Waals surface area (Å²) in [5.41, 5.74) is 3.01. The van der Waals surface area contributed by atoms with E-state index in [1.165, 1.54) is 30.4 Å². The minimum Gasteiger partial charge on any atom is -0.315 e. The molecule has 0 bridgehead atoms. The van der Waals surface area contributed by atoms with E-state index in [4.69, 9.17) is 0 Å². The van der Waals surface area contributed by atoms with Crippen molar-refractivity contribution in [3.05, 3.63) is 35.4 Å². The zero-order chi connectivity index (χ0) is 12.1. The highest BCUT2D eigenvalue weighted by Crippen LogP contribution is 2.18. The first-order chi connectivity index (χ1) is 8.25. The molecule has 0 aromatic heterocycles. The number of nitrogens with one attached hydrogen (secondary N) is 2. The van der Waals surface area contributed by atoms with Crippen LogP contribution in [-0.4, -0.2) is 18.6 Å². The van der Waals surface area contributed by atoms with Crippen molar-refractivity contribution in [2.75, 3.05) is 6.54 Å². The number of rotatable bonds is 5. The second kappa shape index (κ2) is 6.18. The average molecular weight is 232 g/mol. The summed E-state index contributed by atoms with van der Waals surface area (Å²) in [7, 11) is 0. The fourth-order valence-corrected chi connectivity index (χ4v) is 2.46. The Bertz CT molecular complexity index is 347. The highest BCUT2D eigenvalue weighted by Gasteiger charge is 2.16. The Morgan fingerprint density at radius 1 is 1.29 bits per heavy atom. The summed E-state index contributed by atoms with van der Waals surface area (Å²) in [6.45, 7) is 6.58.